The van der Waals surface area contributed by atoms with E-state index in [0.717, 1.165) is 8.96 Å². The van der Waals surface area contributed by atoms with E-state index in [1.165, 1.54) is 6.26 Å². The Bertz CT molecular complexity index is 950. The van der Waals surface area contributed by atoms with Crippen molar-refractivity contribution in [3.05, 3.63) is 57.9 Å². The lowest BCUT2D eigenvalue weighted by molar-refractivity contribution is -0.146. The normalized spacial score (nSPS) is 10.5. The Morgan fingerprint density at radius 3 is 2.77 bits per heavy atom. The molecule has 0 aliphatic heterocycles. The Kier molecular flexibility index (Phi) is 5.77. The zero-order valence-corrected chi connectivity index (χ0v) is 16.1. The Balaban J connectivity index is 1.56. The van der Waals surface area contributed by atoms with Gasteiger partial charge in [0.05, 0.1) is 25.5 Å². The Hall–Kier alpha value is -2.55. The van der Waals surface area contributed by atoms with Crippen LogP contribution in [0.25, 0.3) is 11.0 Å². The largest absolute Gasteiger partial charge is 0.497 e. The van der Waals surface area contributed by atoms with Gasteiger partial charge in [0, 0.05) is 20.6 Å². The van der Waals surface area contributed by atoms with E-state index in [1.54, 1.807) is 25.3 Å². The third kappa shape index (κ3) is 4.34. The molecular weight excluding hydrogens is 449 g/mol. The molecule has 0 fully saturated rings. The molecule has 26 heavy (non-hydrogen) atoms. The summed E-state index contributed by atoms with van der Waals surface area (Å²) in [5.74, 6) is -0.209. The van der Waals surface area contributed by atoms with Gasteiger partial charge in [-0.25, -0.2) is 0 Å². The molecule has 0 aliphatic carbocycles. The Morgan fingerprint density at radius 1 is 1.19 bits per heavy atom. The molecule has 1 amide bonds. The van der Waals surface area contributed by atoms with Crippen LogP contribution in [-0.4, -0.2) is 25.6 Å². The van der Waals surface area contributed by atoms with Gasteiger partial charge in [-0.15, -0.1) is 0 Å². The quantitative estimate of drug-likeness (QED) is 0.443. The highest BCUT2D eigenvalue weighted by molar-refractivity contribution is 14.1. The van der Waals surface area contributed by atoms with Gasteiger partial charge in [0.25, 0.3) is 5.91 Å². The summed E-state index contributed by atoms with van der Waals surface area (Å²) in [7, 11) is 1.57. The predicted molar refractivity (Wildman–Crippen MR) is 105 cm³/mol. The van der Waals surface area contributed by atoms with Crippen LogP contribution in [0, 0.1) is 3.57 Å². The van der Waals surface area contributed by atoms with Crippen molar-refractivity contribution < 1.29 is 23.5 Å². The summed E-state index contributed by atoms with van der Waals surface area (Å²) < 4.78 is 16.6. The minimum Gasteiger partial charge on any atom is -0.497 e. The SMILES string of the molecule is COc1ccc2c(CC(=O)OCC(=O)Nc3ccccc3I)coc2c1. The van der Waals surface area contributed by atoms with Crippen molar-refractivity contribution in [1.29, 1.82) is 0 Å². The molecule has 0 radical (unpaired) electrons. The third-order valence-electron chi connectivity index (χ3n) is 3.71. The summed E-state index contributed by atoms with van der Waals surface area (Å²) in [6.45, 7) is -0.340. The second-order valence-electron chi connectivity index (χ2n) is 5.49. The average molecular weight is 465 g/mol. The molecular formula is C19H16INO5. The van der Waals surface area contributed by atoms with Crippen LogP contribution in [0.2, 0.25) is 0 Å². The van der Waals surface area contributed by atoms with Crippen LogP contribution in [0.15, 0.2) is 53.1 Å². The third-order valence-corrected chi connectivity index (χ3v) is 4.65. The fourth-order valence-electron chi connectivity index (χ4n) is 2.43. The molecule has 1 heterocycles. The minimum atomic E-state index is -0.499. The van der Waals surface area contributed by atoms with E-state index in [0.29, 0.717) is 22.6 Å². The number of rotatable bonds is 6. The lowest BCUT2D eigenvalue weighted by Crippen LogP contribution is -2.22. The van der Waals surface area contributed by atoms with Crippen molar-refractivity contribution >= 4 is 51.1 Å². The number of hydrogen-bond donors (Lipinski definition) is 1. The van der Waals surface area contributed by atoms with Gasteiger partial charge in [0.2, 0.25) is 0 Å². The summed E-state index contributed by atoms with van der Waals surface area (Å²) in [6.07, 6.45) is 1.53. The number of carbonyl (C=O) groups is 2. The van der Waals surface area contributed by atoms with Gasteiger partial charge >= 0.3 is 5.97 Å². The number of benzene rings is 2. The van der Waals surface area contributed by atoms with E-state index in [2.05, 4.69) is 27.9 Å². The first-order valence-electron chi connectivity index (χ1n) is 7.81. The average Bonchev–Trinajstić information content (AvgIpc) is 3.04. The van der Waals surface area contributed by atoms with Gasteiger partial charge < -0.3 is 19.2 Å². The van der Waals surface area contributed by atoms with Crippen molar-refractivity contribution in [2.24, 2.45) is 0 Å². The zero-order chi connectivity index (χ0) is 18.5. The predicted octanol–water partition coefficient (Wildman–Crippen LogP) is 3.77. The first-order valence-corrected chi connectivity index (χ1v) is 8.89. The molecule has 7 heteroatoms. The van der Waals surface area contributed by atoms with E-state index in [9.17, 15) is 9.59 Å². The van der Waals surface area contributed by atoms with E-state index in [4.69, 9.17) is 13.9 Å². The zero-order valence-electron chi connectivity index (χ0n) is 14.0. The summed E-state index contributed by atoms with van der Waals surface area (Å²) in [5, 5.41) is 3.52. The summed E-state index contributed by atoms with van der Waals surface area (Å²) in [6, 6.07) is 12.7. The first kappa shape index (κ1) is 18.2. The monoisotopic (exact) mass is 465 g/mol. The number of nitrogens with one attached hydrogen (secondary N) is 1. The molecule has 3 rings (SSSR count). The number of amides is 1. The molecule has 6 nitrogen and oxygen atoms in total. The van der Waals surface area contributed by atoms with Gasteiger partial charge in [-0.2, -0.15) is 0 Å². The molecule has 0 spiro atoms. The van der Waals surface area contributed by atoms with Crippen molar-refractivity contribution in [3.8, 4) is 5.75 Å². The number of fused-ring (bicyclic) bond motifs is 1. The summed E-state index contributed by atoms with van der Waals surface area (Å²) >= 11 is 2.12. The van der Waals surface area contributed by atoms with Crippen LogP contribution in [0.3, 0.4) is 0 Å². The molecule has 0 aliphatic rings. The van der Waals surface area contributed by atoms with E-state index >= 15 is 0 Å². The number of halogens is 1. The Morgan fingerprint density at radius 2 is 2.00 bits per heavy atom. The van der Waals surface area contributed by atoms with Crippen LogP contribution in [0.1, 0.15) is 5.56 Å². The highest BCUT2D eigenvalue weighted by Crippen LogP contribution is 2.26. The highest BCUT2D eigenvalue weighted by Gasteiger charge is 2.14. The van der Waals surface area contributed by atoms with Crippen molar-refractivity contribution in [1.82, 2.24) is 0 Å². The molecule has 0 saturated carbocycles. The number of methoxy groups -OCH3 is 1. The lowest BCUT2D eigenvalue weighted by atomic mass is 10.1. The van der Waals surface area contributed by atoms with E-state index < -0.39 is 5.97 Å². The fourth-order valence-corrected chi connectivity index (χ4v) is 2.95. The van der Waals surface area contributed by atoms with Gasteiger partial charge in [-0.3, -0.25) is 9.59 Å². The second kappa shape index (κ2) is 8.22. The summed E-state index contributed by atoms with van der Waals surface area (Å²) in [4.78, 5) is 24.0. The maximum absolute atomic E-state index is 12.0. The van der Waals surface area contributed by atoms with Gasteiger partial charge in [-0.1, -0.05) is 12.1 Å². The number of furan rings is 1. The maximum Gasteiger partial charge on any atom is 0.310 e. The molecule has 3 aromatic rings. The highest BCUT2D eigenvalue weighted by atomic mass is 127. The fraction of sp³-hybridized carbons (Fsp3) is 0.158. The van der Waals surface area contributed by atoms with Crippen molar-refractivity contribution in [2.75, 3.05) is 19.0 Å². The second-order valence-corrected chi connectivity index (χ2v) is 6.65. The van der Waals surface area contributed by atoms with Crippen molar-refractivity contribution in [2.45, 2.75) is 6.42 Å². The first-order chi connectivity index (χ1) is 12.6. The van der Waals surface area contributed by atoms with Gasteiger partial charge in [0.1, 0.15) is 11.3 Å². The molecule has 0 saturated heterocycles. The standard InChI is InChI=1S/C19H16INO5/c1-24-13-6-7-14-12(10-25-17(14)9-13)8-19(23)26-11-18(22)21-16-5-3-2-4-15(16)20/h2-7,9-10H,8,11H2,1H3,(H,21,22). The molecule has 2 aromatic carbocycles. The number of para-hydroxylation sites is 1. The molecule has 134 valence electrons. The number of anilines is 1. The Labute approximate surface area is 163 Å². The topological polar surface area (TPSA) is 77.8 Å². The molecule has 0 bridgehead atoms. The van der Waals surface area contributed by atoms with Crippen LogP contribution in [0.4, 0.5) is 5.69 Å². The van der Waals surface area contributed by atoms with Gasteiger partial charge in [0.15, 0.2) is 6.61 Å². The molecule has 0 atom stereocenters. The maximum atomic E-state index is 12.0. The summed E-state index contributed by atoms with van der Waals surface area (Å²) in [5.41, 5.74) is 2.01. The van der Waals surface area contributed by atoms with E-state index in [-0.39, 0.29) is 18.9 Å². The number of carbonyl (C=O) groups excluding carboxylic acids is 2. The lowest BCUT2D eigenvalue weighted by Gasteiger charge is -2.08. The molecule has 1 N–H and O–H groups in total. The number of ether oxygens (including phenoxy) is 2. The molecule has 0 unspecified atom stereocenters. The minimum absolute atomic E-state index is 0.0233. The van der Waals surface area contributed by atoms with Crippen LogP contribution in [-0.2, 0) is 20.7 Å². The van der Waals surface area contributed by atoms with Crippen LogP contribution < -0.4 is 10.1 Å². The van der Waals surface area contributed by atoms with Gasteiger partial charge in [-0.05, 0) is 46.9 Å². The number of hydrogen-bond acceptors (Lipinski definition) is 5. The smallest absolute Gasteiger partial charge is 0.310 e. The van der Waals surface area contributed by atoms with E-state index in [1.807, 2.05) is 24.3 Å². The van der Waals surface area contributed by atoms with Crippen molar-refractivity contribution in [3.63, 3.8) is 0 Å². The van der Waals surface area contributed by atoms with Crippen LogP contribution in [0.5, 0.6) is 5.75 Å². The molecule has 1 aromatic heterocycles. The number of esters is 1. The van der Waals surface area contributed by atoms with Crippen LogP contribution >= 0.6 is 22.6 Å².